The maximum Gasteiger partial charge on any atom is 0.302 e. The molecular formula is C15H10ClN3OS. The fourth-order valence-corrected chi connectivity index (χ4v) is 3.26. The lowest BCUT2D eigenvalue weighted by atomic mass is 10.2. The molecule has 0 spiro atoms. The largest absolute Gasteiger partial charge is 0.423 e. The van der Waals surface area contributed by atoms with Crippen molar-refractivity contribution in [1.82, 2.24) is 9.97 Å². The van der Waals surface area contributed by atoms with Gasteiger partial charge in [0, 0.05) is 5.02 Å². The Hall–Kier alpha value is -2.11. The van der Waals surface area contributed by atoms with E-state index in [9.17, 15) is 0 Å². The molecule has 0 fully saturated rings. The van der Waals surface area contributed by atoms with E-state index in [2.05, 4.69) is 15.3 Å². The predicted octanol–water partition coefficient (Wildman–Crippen LogP) is 5.14. The van der Waals surface area contributed by atoms with Crippen molar-refractivity contribution in [3.05, 3.63) is 47.0 Å². The van der Waals surface area contributed by atoms with Crippen molar-refractivity contribution in [3.8, 4) is 0 Å². The van der Waals surface area contributed by atoms with Crippen molar-refractivity contribution in [1.29, 1.82) is 0 Å². The highest BCUT2D eigenvalue weighted by molar-refractivity contribution is 7.22. The molecule has 0 aliphatic rings. The Morgan fingerprint density at radius 1 is 1.10 bits per heavy atom. The molecule has 0 saturated carbocycles. The average molecular weight is 316 g/mol. The summed E-state index contributed by atoms with van der Waals surface area (Å²) >= 11 is 7.50. The smallest absolute Gasteiger partial charge is 0.302 e. The molecule has 2 aromatic carbocycles. The fraction of sp³-hybridized carbons (Fsp3) is 0.0667. The van der Waals surface area contributed by atoms with Gasteiger partial charge in [0.1, 0.15) is 5.52 Å². The number of oxazole rings is 1. The van der Waals surface area contributed by atoms with E-state index in [4.69, 9.17) is 16.0 Å². The number of hydrogen-bond acceptors (Lipinski definition) is 5. The standard InChI is InChI=1S/C15H10ClN3OS/c1-8-2-4-10-12(6-8)20-14(17-10)19-15-18-11-5-3-9(16)7-13(11)21-15/h2-7H,1H3,(H,17,18,19). The monoisotopic (exact) mass is 315 g/mol. The zero-order valence-corrected chi connectivity index (χ0v) is 12.6. The molecule has 0 saturated heterocycles. The van der Waals surface area contributed by atoms with E-state index in [1.165, 1.54) is 11.3 Å². The number of hydrogen-bond donors (Lipinski definition) is 1. The minimum Gasteiger partial charge on any atom is -0.423 e. The van der Waals surface area contributed by atoms with Crippen molar-refractivity contribution >= 4 is 55.4 Å². The second-order valence-corrected chi connectivity index (χ2v) is 6.21. The van der Waals surface area contributed by atoms with Crippen molar-refractivity contribution in [3.63, 3.8) is 0 Å². The number of rotatable bonds is 2. The molecule has 1 N–H and O–H groups in total. The lowest BCUT2D eigenvalue weighted by Crippen LogP contribution is -1.88. The van der Waals surface area contributed by atoms with Gasteiger partial charge in [-0.2, -0.15) is 4.98 Å². The van der Waals surface area contributed by atoms with Crippen LogP contribution >= 0.6 is 22.9 Å². The van der Waals surface area contributed by atoms with Crippen LogP contribution in [0.25, 0.3) is 21.3 Å². The first-order valence-electron chi connectivity index (χ1n) is 6.38. The second kappa shape index (κ2) is 4.72. The van der Waals surface area contributed by atoms with E-state index in [0.717, 1.165) is 32.0 Å². The summed E-state index contributed by atoms with van der Waals surface area (Å²) in [5.41, 5.74) is 3.63. The summed E-state index contributed by atoms with van der Waals surface area (Å²) in [6.07, 6.45) is 0. The Bertz CT molecular complexity index is 882. The van der Waals surface area contributed by atoms with Gasteiger partial charge in [0.05, 0.1) is 10.2 Å². The van der Waals surface area contributed by atoms with E-state index in [-0.39, 0.29) is 0 Å². The molecule has 0 bridgehead atoms. The third-order valence-electron chi connectivity index (χ3n) is 3.11. The van der Waals surface area contributed by atoms with Crippen LogP contribution in [-0.4, -0.2) is 9.97 Å². The highest BCUT2D eigenvalue weighted by Crippen LogP contribution is 2.31. The first-order valence-corrected chi connectivity index (χ1v) is 7.57. The summed E-state index contributed by atoms with van der Waals surface area (Å²) in [6, 6.07) is 12.0. The van der Waals surface area contributed by atoms with Crippen LogP contribution in [0.2, 0.25) is 5.02 Å². The van der Waals surface area contributed by atoms with E-state index in [0.29, 0.717) is 11.0 Å². The second-order valence-electron chi connectivity index (χ2n) is 4.75. The highest BCUT2D eigenvalue weighted by Gasteiger charge is 2.09. The Kier molecular flexibility index (Phi) is 2.83. The van der Waals surface area contributed by atoms with Crippen LogP contribution in [0, 0.1) is 6.92 Å². The number of fused-ring (bicyclic) bond motifs is 2. The van der Waals surface area contributed by atoms with Gasteiger partial charge in [0.25, 0.3) is 0 Å². The zero-order valence-electron chi connectivity index (χ0n) is 11.1. The van der Waals surface area contributed by atoms with Gasteiger partial charge in [-0.25, -0.2) is 4.98 Å². The molecule has 0 amide bonds. The molecule has 2 aromatic heterocycles. The number of thiazole rings is 1. The third-order valence-corrected chi connectivity index (χ3v) is 4.28. The molecule has 0 atom stereocenters. The number of halogens is 1. The lowest BCUT2D eigenvalue weighted by molar-refractivity contribution is 0.623. The van der Waals surface area contributed by atoms with E-state index in [1.54, 1.807) is 0 Å². The first-order chi connectivity index (χ1) is 10.2. The minimum absolute atomic E-state index is 0.445. The summed E-state index contributed by atoms with van der Waals surface area (Å²) in [5, 5.41) is 4.54. The van der Waals surface area contributed by atoms with Crippen LogP contribution in [0.15, 0.2) is 40.8 Å². The lowest BCUT2D eigenvalue weighted by Gasteiger charge is -1.92. The predicted molar refractivity (Wildman–Crippen MR) is 86.7 cm³/mol. The summed E-state index contributed by atoms with van der Waals surface area (Å²) in [6.45, 7) is 2.02. The van der Waals surface area contributed by atoms with Crippen molar-refractivity contribution in [2.24, 2.45) is 0 Å². The molecule has 0 aliphatic heterocycles. The van der Waals surface area contributed by atoms with Crippen LogP contribution in [0.3, 0.4) is 0 Å². The van der Waals surface area contributed by atoms with Gasteiger partial charge in [-0.3, -0.25) is 5.32 Å². The number of aryl methyl sites for hydroxylation is 1. The first kappa shape index (κ1) is 12.6. The number of benzene rings is 2. The van der Waals surface area contributed by atoms with Gasteiger partial charge in [-0.15, -0.1) is 0 Å². The molecule has 104 valence electrons. The molecular weight excluding hydrogens is 306 g/mol. The quantitative estimate of drug-likeness (QED) is 0.556. The van der Waals surface area contributed by atoms with Gasteiger partial charge < -0.3 is 4.42 Å². The van der Waals surface area contributed by atoms with E-state index >= 15 is 0 Å². The van der Waals surface area contributed by atoms with Crippen molar-refractivity contribution in [2.75, 3.05) is 5.32 Å². The number of nitrogens with one attached hydrogen (secondary N) is 1. The summed E-state index contributed by atoms with van der Waals surface area (Å²) in [7, 11) is 0. The van der Waals surface area contributed by atoms with Crippen LogP contribution in [0.5, 0.6) is 0 Å². The number of nitrogens with zero attached hydrogens (tertiary/aromatic N) is 2. The molecule has 2 heterocycles. The normalized spacial score (nSPS) is 11.3. The van der Waals surface area contributed by atoms with Gasteiger partial charge >= 0.3 is 6.01 Å². The SMILES string of the molecule is Cc1ccc2nc(Nc3nc4ccc(Cl)cc4s3)oc2c1. The van der Waals surface area contributed by atoms with Gasteiger partial charge in [0.15, 0.2) is 10.7 Å². The minimum atomic E-state index is 0.445. The van der Waals surface area contributed by atoms with Crippen molar-refractivity contribution in [2.45, 2.75) is 6.92 Å². The molecule has 0 aliphatic carbocycles. The Morgan fingerprint density at radius 2 is 1.95 bits per heavy atom. The Labute approximate surface area is 129 Å². The maximum atomic E-state index is 5.98. The third kappa shape index (κ3) is 2.34. The van der Waals surface area contributed by atoms with Crippen LogP contribution < -0.4 is 5.32 Å². The molecule has 4 rings (SSSR count). The number of aromatic nitrogens is 2. The molecule has 21 heavy (non-hydrogen) atoms. The summed E-state index contributed by atoms with van der Waals surface area (Å²) < 4.78 is 6.72. The Balaban J connectivity index is 1.71. The maximum absolute atomic E-state index is 5.98. The number of anilines is 2. The summed E-state index contributed by atoms with van der Waals surface area (Å²) in [4.78, 5) is 8.89. The Morgan fingerprint density at radius 3 is 2.86 bits per heavy atom. The summed E-state index contributed by atoms with van der Waals surface area (Å²) in [5.74, 6) is 0. The molecule has 6 heteroatoms. The average Bonchev–Trinajstić information content (AvgIpc) is 3.00. The molecule has 4 aromatic rings. The van der Waals surface area contributed by atoms with Gasteiger partial charge in [-0.05, 0) is 42.8 Å². The van der Waals surface area contributed by atoms with E-state index in [1.807, 2.05) is 43.3 Å². The zero-order chi connectivity index (χ0) is 14.4. The van der Waals surface area contributed by atoms with Crippen LogP contribution in [0.4, 0.5) is 11.1 Å². The fourth-order valence-electron chi connectivity index (χ4n) is 2.13. The molecule has 4 nitrogen and oxygen atoms in total. The van der Waals surface area contributed by atoms with E-state index < -0.39 is 0 Å². The van der Waals surface area contributed by atoms with Crippen molar-refractivity contribution < 1.29 is 4.42 Å². The molecule has 0 unspecified atom stereocenters. The van der Waals surface area contributed by atoms with Gasteiger partial charge in [0.2, 0.25) is 0 Å². The topological polar surface area (TPSA) is 51.0 Å². The van der Waals surface area contributed by atoms with Gasteiger partial charge in [-0.1, -0.05) is 29.0 Å². The molecule has 0 radical (unpaired) electrons. The van der Waals surface area contributed by atoms with Crippen LogP contribution in [0.1, 0.15) is 5.56 Å². The highest BCUT2D eigenvalue weighted by atomic mass is 35.5. The van der Waals surface area contributed by atoms with Crippen LogP contribution in [-0.2, 0) is 0 Å².